The number of rotatable bonds is 2. The summed E-state index contributed by atoms with van der Waals surface area (Å²) in [4.78, 5) is 26.7. The molecule has 0 aromatic heterocycles. The van der Waals surface area contributed by atoms with Crippen LogP contribution in [0.15, 0.2) is 46.9 Å². The van der Waals surface area contributed by atoms with Crippen molar-refractivity contribution >= 4 is 27.9 Å². The summed E-state index contributed by atoms with van der Waals surface area (Å²) in [7, 11) is 0. The Kier molecular flexibility index (Phi) is 3.46. The van der Waals surface area contributed by atoms with E-state index in [1.165, 1.54) is 17.0 Å². The highest BCUT2D eigenvalue weighted by atomic mass is 79.9. The van der Waals surface area contributed by atoms with E-state index in [9.17, 15) is 14.0 Å². The molecule has 1 saturated heterocycles. The molecule has 1 heterocycles. The highest BCUT2D eigenvalue weighted by Gasteiger charge is 2.55. The Labute approximate surface area is 146 Å². The number of imide groups is 1. The van der Waals surface area contributed by atoms with Crippen molar-refractivity contribution in [1.29, 1.82) is 0 Å². The Morgan fingerprint density at radius 2 is 2.00 bits per heavy atom. The predicted molar refractivity (Wildman–Crippen MR) is 89.6 cm³/mol. The first-order chi connectivity index (χ1) is 11.5. The summed E-state index contributed by atoms with van der Waals surface area (Å²) in [6.45, 7) is 0.107. The number of hydrogen-bond donors (Lipinski definition) is 1. The number of nitrogens with zero attached hydrogens (tertiary/aromatic N) is 1. The number of halogens is 2. The van der Waals surface area contributed by atoms with E-state index >= 15 is 0 Å². The van der Waals surface area contributed by atoms with Crippen molar-refractivity contribution in [3.63, 3.8) is 0 Å². The lowest BCUT2D eigenvalue weighted by molar-refractivity contribution is -0.132. The van der Waals surface area contributed by atoms with E-state index in [1.54, 1.807) is 6.07 Å². The lowest BCUT2D eigenvalue weighted by atomic mass is 9.92. The van der Waals surface area contributed by atoms with Gasteiger partial charge in [0.1, 0.15) is 11.4 Å². The maximum absolute atomic E-state index is 13.2. The normalized spacial score (nSPS) is 22.2. The first-order valence-electron chi connectivity index (χ1n) is 7.68. The fraction of sp³-hybridized carbons (Fsp3) is 0.222. The fourth-order valence-electron chi connectivity index (χ4n) is 3.55. The molecule has 0 bridgehead atoms. The van der Waals surface area contributed by atoms with Gasteiger partial charge in [0.2, 0.25) is 0 Å². The van der Waals surface area contributed by atoms with Crippen LogP contribution in [0.5, 0.6) is 0 Å². The third kappa shape index (κ3) is 2.17. The van der Waals surface area contributed by atoms with Gasteiger partial charge in [0.15, 0.2) is 0 Å². The lowest BCUT2D eigenvalue weighted by Gasteiger charge is -2.22. The second-order valence-corrected chi connectivity index (χ2v) is 6.97. The molecule has 122 valence electrons. The van der Waals surface area contributed by atoms with Gasteiger partial charge < -0.3 is 5.32 Å². The Morgan fingerprint density at radius 1 is 1.21 bits per heavy atom. The minimum atomic E-state index is -0.958. The SMILES string of the molecule is O=C1N[C@@]2(CCc3ccccc32)C(=O)N1Cc1ccc(F)cc1Br. The van der Waals surface area contributed by atoms with Gasteiger partial charge in [0.25, 0.3) is 5.91 Å². The molecule has 1 N–H and O–H groups in total. The Bertz CT molecular complexity index is 870. The standard InChI is InChI=1S/C18H14BrFN2O2/c19-15-9-13(20)6-5-12(15)10-22-16(23)18(21-17(22)24)8-7-11-3-1-2-4-14(11)18/h1-6,9H,7-8,10H2,(H,21,24)/t18-/m1/s1. The molecule has 24 heavy (non-hydrogen) atoms. The van der Waals surface area contributed by atoms with E-state index < -0.39 is 11.6 Å². The van der Waals surface area contributed by atoms with Crippen molar-refractivity contribution in [3.8, 4) is 0 Å². The van der Waals surface area contributed by atoms with E-state index in [-0.39, 0.29) is 18.3 Å². The van der Waals surface area contributed by atoms with E-state index in [0.717, 1.165) is 17.5 Å². The molecule has 2 aliphatic rings. The van der Waals surface area contributed by atoms with Gasteiger partial charge in [-0.1, -0.05) is 46.3 Å². The maximum Gasteiger partial charge on any atom is 0.325 e. The molecule has 2 aromatic rings. The Hall–Kier alpha value is -2.21. The van der Waals surface area contributed by atoms with Crippen molar-refractivity contribution in [1.82, 2.24) is 10.2 Å². The van der Waals surface area contributed by atoms with Gasteiger partial charge in [-0.3, -0.25) is 9.69 Å². The zero-order chi connectivity index (χ0) is 16.9. The molecule has 4 rings (SSSR count). The lowest BCUT2D eigenvalue weighted by Crippen LogP contribution is -2.41. The second kappa shape index (κ2) is 5.41. The van der Waals surface area contributed by atoms with Crippen LogP contribution in [0.2, 0.25) is 0 Å². The molecule has 6 heteroatoms. The van der Waals surface area contributed by atoms with Crippen molar-refractivity contribution in [3.05, 3.63) is 69.4 Å². The van der Waals surface area contributed by atoms with Crippen LogP contribution in [0, 0.1) is 5.82 Å². The van der Waals surface area contributed by atoms with Gasteiger partial charge in [-0.15, -0.1) is 0 Å². The third-order valence-electron chi connectivity index (χ3n) is 4.77. The number of amides is 3. The van der Waals surface area contributed by atoms with Crippen LogP contribution < -0.4 is 5.32 Å². The van der Waals surface area contributed by atoms with Crippen LogP contribution in [0.25, 0.3) is 0 Å². The van der Waals surface area contributed by atoms with Crippen LogP contribution in [-0.4, -0.2) is 16.8 Å². The number of benzene rings is 2. The average molecular weight is 389 g/mol. The molecule has 0 radical (unpaired) electrons. The van der Waals surface area contributed by atoms with Gasteiger partial charge in [-0.25, -0.2) is 9.18 Å². The summed E-state index contributed by atoms with van der Waals surface area (Å²) in [6.07, 6.45) is 1.33. The van der Waals surface area contributed by atoms with E-state index in [0.29, 0.717) is 16.5 Å². The quantitative estimate of drug-likeness (QED) is 0.800. The van der Waals surface area contributed by atoms with Crippen LogP contribution in [0.4, 0.5) is 9.18 Å². The van der Waals surface area contributed by atoms with Crippen LogP contribution in [0.3, 0.4) is 0 Å². The largest absolute Gasteiger partial charge is 0.325 e. The molecular weight excluding hydrogens is 375 g/mol. The summed E-state index contributed by atoms with van der Waals surface area (Å²) >= 11 is 3.29. The van der Waals surface area contributed by atoms with Gasteiger partial charge >= 0.3 is 6.03 Å². The molecule has 1 atom stereocenters. The molecule has 1 aliphatic heterocycles. The van der Waals surface area contributed by atoms with Crippen molar-refractivity contribution in [2.45, 2.75) is 24.9 Å². The van der Waals surface area contributed by atoms with Gasteiger partial charge in [-0.05, 0) is 41.7 Å². The van der Waals surface area contributed by atoms with Gasteiger partial charge in [0, 0.05) is 4.47 Å². The minimum absolute atomic E-state index is 0.107. The van der Waals surface area contributed by atoms with E-state index in [2.05, 4.69) is 21.2 Å². The molecule has 0 saturated carbocycles. The zero-order valence-corrected chi connectivity index (χ0v) is 14.3. The molecule has 1 spiro atoms. The monoisotopic (exact) mass is 388 g/mol. The molecule has 4 nitrogen and oxygen atoms in total. The van der Waals surface area contributed by atoms with Gasteiger partial charge in [0.05, 0.1) is 6.54 Å². The predicted octanol–water partition coefficient (Wildman–Crippen LogP) is 3.48. The Balaban J connectivity index is 1.68. The van der Waals surface area contributed by atoms with Gasteiger partial charge in [-0.2, -0.15) is 0 Å². The number of urea groups is 1. The average Bonchev–Trinajstić information content (AvgIpc) is 3.04. The molecule has 1 fully saturated rings. The van der Waals surface area contributed by atoms with Crippen LogP contribution in [-0.2, 0) is 23.3 Å². The molecule has 0 unspecified atom stereocenters. The summed E-state index contributed by atoms with van der Waals surface area (Å²) in [5.74, 6) is -0.613. The van der Waals surface area contributed by atoms with Crippen molar-refractivity contribution < 1.29 is 14.0 Å². The molecule has 3 amide bonds. The first kappa shape index (κ1) is 15.3. The topological polar surface area (TPSA) is 49.4 Å². The number of carbonyl (C=O) groups excluding carboxylic acids is 2. The fourth-order valence-corrected chi connectivity index (χ4v) is 4.03. The summed E-state index contributed by atoms with van der Waals surface area (Å²) in [6, 6.07) is 11.5. The van der Waals surface area contributed by atoms with E-state index in [4.69, 9.17) is 0 Å². The maximum atomic E-state index is 13.2. The molecular formula is C18H14BrFN2O2. The number of carbonyl (C=O) groups is 2. The third-order valence-corrected chi connectivity index (χ3v) is 5.50. The summed E-state index contributed by atoms with van der Waals surface area (Å²) < 4.78 is 13.8. The van der Waals surface area contributed by atoms with Crippen molar-refractivity contribution in [2.75, 3.05) is 0 Å². The number of hydrogen-bond acceptors (Lipinski definition) is 2. The minimum Gasteiger partial charge on any atom is -0.319 e. The number of aryl methyl sites for hydroxylation is 1. The highest BCUT2D eigenvalue weighted by molar-refractivity contribution is 9.10. The first-order valence-corrected chi connectivity index (χ1v) is 8.47. The molecule has 2 aromatic carbocycles. The second-order valence-electron chi connectivity index (χ2n) is 6.12. The zero-order valence-electron chi connectivity index (χ0n) is 12.7. The summed E-state index contributed by atoms with van der Waals surface area (Å²) in [5.41, 5.74) is 1.70. The van der Waals surface area contributed by atoms with E-state index in [1.807, 2.05) is 24.3 Å². The van der Waals surface area contributed by atoms with Crippen LogP contribution in [0.1, 0.15) is 23.1 Å². The van der Waals surface area contributed by atoms with Crippen molar-refractivity contribution in [2.24, 2.45) is 0 Å². The number of fused-ring (bicyclic) bond motifs is 2. The highest BCUT2D eigenvalue weighted by Crippen LogP contribution is 2.41. The van der Waals surface area contributed by atoms with Crippen LogP contribution >= 0.6 is 15.9 Å². The summed E-state index contributed by atoms with van der Waals surface area (Å²) in [5, 5.41) is 2.88. The Morgan fingerprint density at radius 3 is 2.79 bits per heavy atom. The number of nitrogens with one attached hydrogen (secondary N) is 1. The smallest absolute Gasteiger partial charge is 0.319 e. The molecule has 1 aliphatic carbocycles.